The summed E-state index contributed by atoms with van der Waals surface area (Å²) < 4.78 is 6.24. The Kier molecular flexibility index (Phi) is 2.26. The number of aromatic nitrogens is 2. The van der Waals surface area contributed by atoms with Crippen LogP contribution in [0.1, 0.15) is 19.8 Å². The smallest absolute Gasteiger partial charge is 0.115 e. The summed E-state index contributed by atoms with van der Waals surface area (Å²) >= 11 is 0. The molecule has 7 atom stereocenters. The summed E-state index contributed by atoms with van der Waals surface area (Å²) in [5.74, 6) is 3.51. The number of nitrogens with one attached hydrogen (secondary N) is 1. The Morgan fingerprint density at radius 1 is 1.28 bits per heavy atom. The summed E-state index contributed by atoms with van der Waals surface area (Å²) in [5, 5.41) is 3.33. The van der Waals surface area contributed by atoms with Gasteiger partial charge in [0.25, 0.3) is 0 Å². The molecule has 0 radical (unpaired) electrons. The maximum atomic E-state index is 6.24. The van der Waals surface area contributed by atoms with E-state index < -0.39 is 0 Å². The molecule has 3 fully saturated rings. The molecule has 0 amide bonds. The lowest BCUT2D eigenvalue weighted by Gasteiger charge is -2.27. The lowest BCUT2D eigenvalue weighted by Crippen LogP contribution is -2.34. The topological polar surface area (TPSA) is 47.0 Å². The van der Waals surface area contributed by atoms with Crippen molar-refractivity contribution in [3.8, 4) is 0 Å². The Balaban J connectivity index is 0.00000110. The van der Waals surface area contributed by atoms with Crippen LogP contribution in [0.3, 0.4) is 0 Å². The second-order valence-electron chi connectivity index (χ2n) is 6.00. The predicted octanol–water partition coefficient (Wildman–Crippen LogP) is 1.30. The molecule has 4 rings (SSSR count). The Labute approximate surface area is 109 Å². The maximum absolute atomic E-state index is 6.24. The first kappa shape index (κ1) is 10.9. The number of rotatable bonds is 3. The second-order valence-corrected chi connectivity index (χ2v) is 6.00. The molecule has 0 aromatic carbocycles. The molecular formula is C14H21N3O. The van der Waals surface area contributed by atoms with E-state index in [-0.39, 0.29) is 1.43 Å². The average Bonchev–Trinajstić information content (AvgIpc) is 2.80. The molecule has 3 aliphatic rings. The first-order valence-corrected chi connectivity index (χ1v) is 6.88. The van der Waals surface area contributed by atoms with Crippen LogP contribution >= 0.6 is 0 Å². The molecule has 3 unspecified atom stereocenters. The highest BCUT2D eigenvalue weighted by atomic mass is 16.5. The quantitative estimate of drug-likeness (QED) is 0.874. The summed E-state index contributed by atoms with van der Waals surface area (Å²) in [6.45, 7) is 3.40. The van der Waals surface area contributed by atoms with Gasteiger partial charge in [-0.05, 0) is 30.4 Å². The third-order valence-electron chi connectivity index (χ3n) is 5.23. The van der Waals surface area contributed by atoms with Gasteiger partial charge < -0.3 is 10.1 Å². The van der Waals surface area contributed by atoms with Gasteiger partial charge in [0.2, 0.25) is 0 Å². The fourth-order valence-corrected chi connectivity index (χ4v) is 4.48. The van der Waals surface area contributed by atoms with Crippen molar-refractivity contribution in [2.45, 2.75) is 25.0 Å². The van der Waals surface area contributed by atoms with Gasteiger partial charge >= 0.3 is 0 Å². The molecule has 1 N–H and O–H groups in total. The molecule has 2 saturated heterocycles. The van der Waals surface area contributed by atoms with Gasteiger partial charge in [-0.3, -0.25) is 0 Å². The van der Waals surface area contributed by atoms with Crippen molar-refractivity contribution in [2.24, 2.45) is 23.7 Å². The van der Waals surface area contributed by atoms with Crippen LogP contribution in [0.15, 0.2) is 18.7 Å². The lowest BCUT2D eigenvalue weighted by molar-refractivity contribution is 0.0495. The minimum Gasteiger partial charge on any atom is -0.373 e. The normalized spacial score (nSPS) is 48.2. The van der Waals surface area contributed by atoms with Crippen molar-refractivity contribution >= 4 is 0 Å². The van der Waals surface area contributed by atoms with Crippen LogP contribution in [-0.2, 0) is 4.74 Å². The third-order valence-corrected chi connectivity index (χ3v) is 5.23. The second kappa shape index (κ2) is 3.75. The molecule has 4 heteroatoms. The fraction of sp³-hybridized carbons (Fsp3) is 0.714. The van der Waals surface area contributed by atoms with Gasteiger partial charge in [-0.15, -0.1) is 0 Å². The largest absolute Gasteiger partial charge is 0.373 e. The molecule has 98 valence electrons. The minimum atomic E-state index is 0. The highest BCUT2D eigenvalue weighted by Gasteiger charge is 2.70. The van der Waals surface area contributed by atoms with Gasteiger partial charge in [0, 0.05) is 32.2 Å². The van der Waals surface area contributed by atoms with Crippen LogP contribution < -0.4 is 5.32 Å². The Bertz CT molecular complexity index is 457. The third kappa shape index (κ3) is 1.28. The van der Waals surface area contributed by atoms with Gasteiger partial charge in [-0.2, -0.15) is 0 Å². The highest BCUT2D eigenvalue weighted by molar-refractivity contribution is 5.27. The number of nitrogens with zero attached hydrogens (tertiary/aromatic N) is 2. The van der Waals surface area contributed by atoms with Crippen molar-refractivity contribution in [2.75, 3.05) is 13.6 Å². The molecule has 3 heterocycles. The first-order valence-electron chi connectivity index (χ1n) is 6.88. The summed E-state index contributed by atoms with van der Waals surface area (Å²) in [6.07, 6.45) is 6.39. The molecule has 18 heavy (non-hydrogen) atoms. The lowest BCUT2D eigenvalue weighted by atomic mass is 9.76. The highest BCUT2D eigenvalue weighted by Crippen LogP contribution is 2.67. The summed E-state index contributed by atoms with van der Waals surface area (Å²) in [5.41, 5.74) is 1.25. The van der Waals surface area contributed by atoms with Crippen LogP contribution in [0.2, 0.25) is 0 Å². The standard InChI is InChI=1S/C14H19N3O.H2/c1-7-10-11(7)14-12(8-3-16-6-17-4-8)9(5-15-2)13(10)18-14;/h3-4,6-7,9-15H,5H2,1-2H3;1H/t7?,9-,10?,11?,12-,13+,14+;/m1./s1. The average molecular weight is 247 g/mol. The molecule has 1 aromatic rings. The molecule has 4 nitrogen and oxygen atoms in total. The Morgan fingerprint density at radius 3 is 2.72 bits per heavy atom. The first-order chi connectivity index (χ1) is 8.83. The number of hydrogen-bond donors (Lipinski definition) is 1. The summed E-state index contributed by atoms with van der Waals surface area (Å²) in [4.78, 5) is 8.36. The molecule has 1 saturated carbocycles. The van der Waals surface area contributed by atoms with Gasteiger partial charge in [-0.25, -0.2) is 9.97 Å². The van der Waals surface area contributed by atoms with E-state index in [2.05, 4.69) is 22.2 Å². The van der Waals surface area contributed by atoms with E-state index in [1.165, 1.54) is 5.56 Å². The van der Waals surface area contributed by atoms with E-state index in [4.69, 9.17) is 4.74 Å². The molecule has 1 aromatic heterocycles. The maximum Gasteiger partial charge on any atom is 0.115 e. The van der Waals surface area contributed by atoms with Crippen LogP contribution in [0, 0.1) is 23.7 Å². The van der Waals surface area contributed by atoms with E-state index in [1.54, 1.807) is 6.33 Å². The van der Waals surface area contributed by atoms with Gasteiger partial charge in [-0.1, -0.05) is 6.92 Å². The molecule has 2 bridgehead atoms. The SMILES string of the molecule is CNC[C@@H]1[C@@H](c2cncnc2)[C@H]2O[C@@H]1C1C(C)C12.[HH]. The van der Waals surface area contributed by atoms with Gasteiger partial charge in [0.15, 0.2) is 0 Å². The number of fused-ring (bicyclic) bond motifs is 5. The van der Waals surface area contributed by atoms with E-state index >= 15 is 0 Å². The molecular weight excluding hydrogens is 226 g/mol. The number of hydrogen-bond acceptors (Lipinski definition) is 4. The van der Waals surface area contributed by atoms with Crippen molar-refractivity contribution < 1.29 is 6.16 Å². The fourth-order valence-electron chi connectivity index (χ4n) is 4.48. The zero-order valence-corrected chi connectivity index (χ0v) is 10.8. The minimum absolute atomic E-state index is 0. The summed E-state index contributed by atoms with van der Waals surface area (Å²) in [7, 11) is 2.03. The summed E-state index contributed by atoms with van der Waals surface area (Å²) in [6, 6.07) is 0. The van der Waals surface area contributed by atoms with Crippen molar-refractivity contribution in [1.29, 1.82) is 0 Å². The number of ether oxygens (including phenoxy) is 1. The molecule has 1 aliphatic carbocycles. The van der Waals surface area contributed by atoms with E-state index in [1.807, 2.05) is 19.4 Å². The van der Waals surface area contributed by atoms with Crippen LogP contribution in [0.5, 0.6) is 0 Å². The van der Waals surface area contributed by atoms with E-state index in [0.717, 1.165) is 24.3 Å². The Morgan fingerprint density at radius 2 is 2.00 bits per heavy atom. The van der Waals surface area contributed by atoms with Crippen molar-refractivity contribution in [1.82, 2.24) is 15.3 Å². The zero-order chi connectivity index (χ0) is 12.3. The molecule has 2 aliphatic heterocycles. The molecule has 0 spiro atoms. The van der Waals surface area contributed by atoms with Crippen molar-refractivity contribution in [3.63, 3.8) is 0 Å². The van der Waals surface area contributed by atoms with Gasteiger partial charge in [0.1, 0.15) is 6.33 Å². The van der Waals surface area contributed by atoms with Crippen molar-refractivity contribution in [3.05, 3.63) is 24.3 Å². The van der Waals surface area contributed by atoms with Gasteiger partial charge in [0.05, 0.1) is 12.2 Å². The van der Waals surface area contributed by atoms with E-state index in [9.17, 15) is 0 Å². The van der Waals surface area contributed by atoms with Crippen LogP contribution in [0.4, 0.5) is 0 Å². The van der Waals surface area contributed by atoms with E-state index in [0.29, 0.717) is 24.0 Å². The van der Waals surface area contributed by atoms with Crippen LogP contribution in [-0.4, -0.2) is 35.8 Å². The zero-order valence-electron chi connectivity index (χ0n) is 10.8. The van der Waals surface area contributed by atoms with Crippen LogP contribution in [0.25, 0.3) is 0 Å². The predicted molar refractivity (Wildman–Crippen MR) is 69.1 cm³/mol. The monoisotopic (exact) mass is 247 g/mol. The Hall–Kier alpha value is -1.00.